The standard InChI is InChI=1S/C18H28O4/c1-11(19)8-15(20)22-12-9-13(17(2,3)4)16(21)14(10-12)18(5,6)7/h9-11,19,21H,8H2,1-7H3. The average molecular weight is 308 g/mol. The first-order chi connectivity index (χ1) is 9.82. The maximum absolute atomic E-state index is 11.8. The van der Waals surface area contributed by atoms with Gasteiger partial charge in [-0.05, 0) is 29.9 Å². The number of hydrogen-bond donors (Lipinski definition) is 2. The second-order valence-electron chi connectivity index (χ2n) is 7.89. The summed E-state index contributed by atoms with van der Waals surface area (Å²) in [4.78, 5) is 11.8. The Morgan fingerprint density at radius 3 is 1.82 bits per heavy atom. The van der Waals surface area contributed by atoms with E-state index in [1.165, 1.54) is 0 Å². The number of phenolic OH excluding ortho intramolecular Hbond substituents is 1. The van der Waals surface area contributed by atoms with Gasteiger partial charge in [-0.25, -0.2) is 0 Å². The predicted octanol–water partition coefficient (Wildman–Crippen LogP) is 3.66. The summed E-state index contributed by atoms with van der Waals surface area (Å²) >= 11 is 0. The minimum Gasteiger partial charge on any atom is -0.507 e. The van der Waals surface area contributed by atoms with Crippen LogP contribution < -0.4 is 4.74 Å². The highest BCUT2D eigenvalue weighted by Gasteiger charge is 2.27. The van der Waals surface area contributed by atoms with E-state index in [4.69, 9.17) is 4.74 Å². The molecule has 0 fully saturated rings. The van der Waals surface area contributed by atoms with Crippen molar-refractivity contribution in [2.75, 3.05) is 0 Å². The van der Waals surface area contributed by atoms with E-state index in [1.54, 1.807) is 19.1 Å². The van der Waals surface area contributed by atoms with Crippen LogP contribution >= 0.6 is 0 Å². The third kappa shape index (κ3) is 4.73. The number of esters is 1. The number of carbonyl (C=O) groups excluding carboxylic acids is 1. The van der Waals surface area contributed by atoms with Gasteiger partial charge in [0.25, 0.3) is 0 Å². The van der Waals surface area contributed by atoms with Crippen molar-refractivity contribution in [3.8, 4) is 11.5 Å². The number of carbonyl (C=O) groups is 1. The summed E-state index contributed by atoms with van der Waals surface area (Å²) in [6, 6.07) is 3.40. The predicted molar refractivity (Wildman–Crippen MR) is 87.4 cm³/mol. The molecule has 1 rings (SSSR count). The molecule has 0 aromatic heterocycles. The van der Waals surface area contributed by atoms with E-state index in [0.29, 0.717) is 5.75 Å². The van der Waals surface area contributed by atoms with E-state index < -0.39 is 12.1 Å². The van der Waals surface area contributed by atoms with Crippen LogP contribution in [0.3, 0.4) is 0 Å². The summed E-state index contributed by atoms with van der Waals surface area (Å²) in [5.41, 5.74) is 0.910. The zero-order chi connectivity index (χ0) is 17.3. The Morgan fingerprint density at radius 2 is 1.50 bits per heavy atom. The molecule has 0 aliphatic carbocycles. The topological polar surface area (TPSA) is 66.8 Å². The lowest BCUT2D eigenvalue weighted by Gasteiger charge is -2.28. The van der Waals surface area contributed by atoms with Crippen LogP contribution in [0.2, 0.25) is 0 Å². The van der Waals surface area contributed by atoms with Gasteiger partial charge in [0.05, 0.1) is 12.5 Å². The van der Waals surface area contributed by atoms with E-state index in [-0.39, 0.29) is 23.0 Å². The molecule has 124 valence electrons. The summed E-state index contributed by atoms with van der Waals surface area (Å²) in [5.74, 6) is 0.161. The first-order valence-corrected chi connectivity index (χ1v) is 7.59. The summed E-state index contributed by atoms with van der Waals surface area (Å²) in [6.07, 6.45) is -0.801. The van der Waals surface area contributed by atoms with Crippen molar-refractivity contribution < 1.29 is 19.7 Å². The molecule has 0 aliphatic heterocycles. The Bertz CT molecular complexity index is 510. The van der Waals surface area contributed by atoms with Crippen molar-refractivity contribution >= 4 is 5.97 Å². The van der Waals surface area contributed by atoms with Crippen molar-refractivity contribution in [2.24, 2.45) is 0 Å². The van der Waals surface area contributed by atoms with Gasteiger partial charge in [0.1, 0.15) is 11.5 Å². The number of benzene rings is 1. The van der Waals surface area contributed by atoms with Gasteiger partial charge in [-0.1, -0.05) is 41.5 Å². The quantitative estimate of drug-likeness (QED) is 0.660. The lowest BCUT2D eigenvalue weighted by molar-refractivity contribution is -0.136. The molecule has 0 amide bonds. The smallest absolute Gasteiger partial charge is 0.313 e. The van der Waals surface area contributed by atoms with Crippen LogP contribution in [0, 0.1) is 0 Å². The average Bonchev–Trinajstić information content (AvgIpc) is 2.26. The van der Waals surface area contributed by atoms with E-state index in [2.05, 4.69) is 0 Å². The second-order valence-corrected chi connectivity index (χ2v) is 7.89. The number of phenols is 1. The van der Waals surface area contributed by atoms with Gasteiger partial charge in [0.2, 0.25) is 0 Å². The molecule has 2 N–H and O–H groups in total. The number of aliphatic hydroxyl groups is 1. The Hall–Kier alpha value is -1.55. The highest BCUT2D eigenvalue weighted by molar-refractivity contribution is 5.73. The maximum atomic E-state index is 11.8. The van der Waals surface area contributed by atoms with E-state index in [0.717, 1.165) is 11.1 Å². The van der Waals surface area contributed by atoms with Gasteiger partial charge in [-0.3, -0.25) is 4.79 Å². The van der Waals surface area contributed by atoms with Crippen LogP contribution in [0.25, 0.3) is 0 Å². The zero-order valence-electron chi connectivity index (χ0n) is 14.7. The number of rotatable bonds is 3. The fraction of sp³-hybridized carbons (Fsp3) is 0.611. The van der Waals surface area contributed by atoms with Crippen LogP contribution in [-0.4, -0.2) is 22.3 Å². The van der Waals surface area contributed by atoms with Crippen molar-refractivity contribution in [3.63, 3.8) is 0 Å². The van der Waals surface area contributed by atoms with Gasteiger partial charge >= 0.3 is 5.97 Å². The molecule has 0 saturated heterocycles. The van der Waals surface area contributed by atoms with Crippen LogP contribution in [0.1, 0.15) is 66.0 Å². The van der Waals surface area contributed by atoms with E-state index in [9.17, 15) is 15.0 Å². The number of aliphatic hydroxyl groups excluding tert-OH is 1. The van der Waals surface area contributed by atoms with E-state index >= 15 is 0 Å². The summed E-state index contributed by atoms with van der Waals surface area (Å²) < 4.78 is 5.34. The number of ether oxygens (including phenoxy) is 1. The normalized spacial score (nSPS) is 13.8. The van der Waals surface area contributed by atoms with Crippen LogP contribution in [0.15, 0.2) is 12.1 Å². The summed E-state index contributed by atoms with van der Waals surface area (Å²) in [7, 11) is 0. The molecule has 0 saturated carbocycles. The lowest BCUT2D eigenvalue weighted by atomic mass is 9.79. The first-order valence-electron chi connectivity index (χ1n) is 7.59. The minimum absolute atomic E-state index is 0.0589. The molecule has 4 heteroatoms. The third-order valence-corrected chi connectivity index (χ3v) is 3.39. The molecule has 4 nitrogen and oxygen atoms in total. The molecule has 1 aromatic carbocycles. The largest absolute Gasteiger partial charge is 0.507 e. The Kier molecular flexibility index (Phi) is 5.29. The van der Waals surface area contributed by atoms with Crippen LogP contribution in [-0.2, 0) is 15.6 Å². The second kappa shape index (κ2) is 6.29. The molecule has 0 aliphatic rings. The molecule has 1 atom stereocenters. The third-order valence-electron chi connectivity index (χ3n) is 3.39. The first kappa shape index (κ1) is 18.5. The molecule has 0 bridgehead atoms. The van der Waals surface area contributed by atoms with Crippen LogP contribution in [0.4, 0.5) is 0 Å². The van der Waals surface area contributed by atoms with Gasteiger partial charge in [0.15, 0.2) is 0 Å². The summed E-state index contributed by atoms with van der Waals surface area (Å²) in [6.45, 7) is 13.5. The van der Waals surface area contributed by atoms with Gasteiger partial charge < -0.3 is 14.9 Å². The van der Waals surface area contributed by atoms with Crippen molar-refractivity contribution in [2.45, 2.75) is 71.8 Å². The molecular weight excluding hydrogens is 280 g/mol. The highest BCUT2D eigenvalue weighted by Crippen LogP contribution is 2.41. The Morgan fingerprint density at radius 1 is 1.09 bits per heavy atom. The number of aromatic hydroxyl groups is 1. The lowest BCUT2D eigenvalue weighted by Crippen LogP contribution is -2.19. The van der Waals surface area contributed by atoms with Crippen molar-refractivity contribution in [1.29, 1.82) is 0 Å². The molecule has 0 spiro atoms. The molecule has 1 unspecified atom stereocenters. The molecule has 0 radical (unpaired) electrons. The maximum Gasteiger partial charge on any atom is 0.313 e. The molecule has 1 aromatic rings. The van der Waals surface area contributed by atoms with Crippen molar-refractivity contribution in [3.05, 3.63) is 23.3 Å². The fourth-order valence-corrected chi connectivity index (χ4v) is 2.22. The molecular formula is C18H28O4. The minimum atomic E-state index is -0.742. The SMILES string of the molecule is CC(O)CC(=O)Oc1cc(C(C)(C)C)c(O)c(C(C)(C)C)c1. The highest BCUT2D eigenvalue weighted by atomic mass is 16.5. The van der Waals surface area contributed by atoms with Crippen molar-refractivity contribution in [1.82, 2.24) is 0 Å². The number of hydrogen-bond acceptors (Lipinski definition) is 4. The Balaban J connectivity index is 3.33. The zero-order valence-corrected chi connectivity index (χ0v) is 14.7. The fourth-order valence-electron chi connectivity index (χ4n) is 2.22. The summed E-state index contributed by atoms with van der Waals surface area (Å²) in [5, 5.41) is 19.9. The van der Waals surface area contributed by atoms with Gasteiger partial charge in [0, 0.05) is 11.1 Å². The van der Waals surface area contributed by atoms with Crippen LogP contribution in [0.5, 0.6) is 11.5 Å². The van der Waals surface area contributed by atoms with Gasteiger partial charge in [-0.15, -0.1) is 0 Å². The Labute approximate surface area is 133 Å². The molecule has 0 heterocycles. The van der Waals surface area contributed by atoms with Gasteiger partial charge in [-0.2, -0.15) is 0 Å². The van der Waals surface area contributed by atoms with E-state index in [1.807, 2.05) is 41.5 Å². The monoisotopic (exact) mass is 308 g/mol. The molecule has 22 heavy (non-hydrogen) atoms.